The highest BCUT2D eigenvalue weighted by Gasteiger charge is 2.37. The van der Waals surface area contributed by atoms with Crippen LogP contribution in [0.4, 0.5) is 19.0 Å². The summed E-state index contributed by atoms with van der Waals surface area (Å²) in [4.78, 5) is 21.7. The number of alkyl halides is 3. The molecule has 5 rings (SSSR count). The maximum Gasteiger partial charge on any atom is 0.419 e. The third kappa shape index (κ3) is 6.27. The number of nitrogens with zero attached hydrogens (tertiary/aromatic N) is 6. The second kappa shape index (κ2) is 11.3. The van der Waals surface area contributed by atoms with Gasteiger partial charge in [-0.25, -0.2) is 4.98 Å². The van der Waals surface area contributed by atoms with Crippen LogP contribution in [0.5, 0.6) is 0 Å². The molecule has 1 atom stereocenters. The van der Waals surface area contributed by atoms with Crippen molar-refractivity contribution in [2.45, 2.75) is 45.3 Å². The fraction of sp³-hybridized carbons (Fsp3) is 0.370. The van der Waals surface area contributed by atoms with Crippen LogP contribution in [0.1, 0.15) is 49.6 Å². The van der Waals surface area contributed by atoms with Crippen molar-refractivity contribution in [2.24, 2.45) is 5.92 Å². The zero-order valence-corrected chi connectivity index (χ0v) is 22.1. The number of rotatable bonds is 7. The zero-order chi connectivity index (χ0) is 28.3. The quantitative estimate of drug-likeness (QED) is 0.340. The molecular weight excluding hydrogens is 511 g/mol. The summed E-state index contributed by atoms with van der Waals surface area (Å²) in [6.45, 7) is 4.10. The number of nitrogens with two attached hydrogens (primary N) is 1. The molecule has 3 aromatic heterocycles. The summed E-state index contributed by atoms with van der Waals surface area (Å²) in [6, 6.07) is 8.24. The van der Waals surface area contributed by atoms with Gasteiger partial charge in [0.05, 0.1) is 23.2 Å². The van der Waals surface area contributed by atoms with Crippen molar-refractivity contribution in [2.75, 3.05) is 19.8 Å². The van der Waals surface area contributed by atoms with Gasteiger partial charge in [0.1, 0.15) is 12.4 Å². The van der Waals surface area contributed by atoms with Gasteiger partial charge >= 0.3 is 6.18 Å². The molecule has 206 valence electrons. The van der Waals surface area contributed by atoms with Crippen LogP contribution in [0.25, 0.3) is 22.6 Å². The summed E-state index contributed by atoms with van der Waals surface area (Å²) in [7, 11) is 3.35. The van der Waals surface area contributed by atoms with Gasteiger partial charge in [0.2, 0.25) is 5.91 Å². The number of hydrogen-bond donors (Lipinski definition) is 1. The number of pyridine rings is 1. The molecule has 1 unspecified atom stereocenters. The average molecular weight is 542 g/mol. The molecule has 9 nitrogen and oxygen atoms in total. The van der Waals surface area contributed by atoms with Gasteiger partial charge in [-0.2, -0.15) is 23.3 Å². The fourth-order valence-corrected chi connectivity index (χ4v) is 4.12. The van der Waals surface area contributed by atoms with Crippen LogP contribution in [-0.2, 0) is 17.5 Å². The minimum atomic E-state index is -4.58. The number of aromatic nitrogens is 5. The van der Waals surface area contributed by atoms with Crippen molar-refractivity contribution in [3.8, 4) is 22.6 Å². The standard InChI is InChI=1S/C25H24F3N7O2.C2H6/c1-34(2)20(36)13-35-12-18(11-31-35)24-32-23(33-37-24)21(16-7-8-16)15-5-3-14(4-6-15)17-9-19(25(26,27)28)22(29)30-10-17;1-2/h3-6,9-12,16,21H,7-8,13H2,1-2H3,(H2,29,30);1-2H3. The van der Waals surface area contributed by atoms with Crippen LogP contribution in [0, 0.1) is 5.92 Å². The van der Waals surface area contributed by atoms with E-state index < -0.39 is 17.6 Å². The van der Waals surface area contributed by atoms with Crippen molar-refractivity contribution in [3.63, 3.8) is 0 Å². The molecule has 2 N–H and O–H groups in total. The van der Waals surface area contributed by atoms with Crippen molar-refractivity contribution in [1.82, 2.24) is 29.8 Å². The summed E-state index contributed by atoms with van der Waals surface area (Å²) in [5.41, 5.74) is 6.91. The smallest absolute Gasteiger partial charge is 0.383 e. The molecule has 0 spiro atoms. The molecule has 1 aliphatic rings. The van der Waals surface area contributed by atoms with Crippen molar-refractivity contribution >= 4 is 11.7 Å². The van der Waals surface area contributed by atoms with Gasteiger partial charge in [-0.15, -0.1) is 0 Å². The Balaban J connectivity index is 0.00000172. The van der Waals surface area contributed by atoms with E-state index in [1.165, 1.54) is 15.8 Å². The highest BCUT2D eigenvalue weighted by molar-refractivity contribution is 5.75. The average Bonchev–Trinajstić information content (AvgIpc) is 3.42. The van der Waals surface area contributed by atoms with Crippen LogP contribution in [0.15, 0.2) is 53.4 Å². The molecule has 1 aromatic carbocycles. The first-order chi connectivity index (χ1) is 18.6. The normalized spacial score (nSPS) is 13.9. The van der Waals surface area contributed by atoms with E-state index in [1.54, 1.807) is 38.6 Å². The Kier molecular flexibility index (Phi) is 8.03. The van der Waals surface area contributed by atoms with Crippen molar-refractivity contribution < 1.29 is 22.5 Å². The molecule has 0 bridgehead atoms. The van der Waals surface area contributed by atoms with Gasteiger partial charge in [0.15, 0.2) is 5.82 Å². The summed E-state index contributed by atoms with van der Waals surface area (Å²) in [5.74, 6) is 0.398. The summed E-state index contributed by atoms with van der Waals surface area (Å²) in [5, 5.41) is 8.41. The van der Waals surface area contributed by atoms with Crippen LogP contribution in [0.2, 0.25) is 0 Å². The Hall–Kier alpha value is -4.22. The molecule has 1 saturated carbocycles. The predicted octanol–water partition coefficient (Wildman–Crippen LogP) is 5.25. The number of nitrogen functional groups attached to an aromatic ring is 1. The van der Waals surface area contributed by atoms with E-state index >= 15 is 0 Å². The highest BCUT2D eigenvalue weighted by atomic mass is 19.4. The first kappa shape index (κ1) is 27.8. The molecule has 1 fully saturated rings. The van der Waals surface area contributed by atoms with E-state index in [-0.39, 0.29) is 18.4 Å². The summed E-state index contributed by atoms with van der Waals surface area (Å²) < 4.78 is 46.8. The Morgan fingerprint density at radius 3 is 2.44 bits per heavy atom. The molecule has 1 aliphatic carbocycles. The molecule has 3 heterocycles. The minimum Gasteiger partial charge on any atom is -0.383 e. The number of halogens is 3. The number of anilines is 1. The van der Waals surface area contributed by atoms with Crippen LogP contribution in [0.3, 0.4) is 0 Å². The SMILES string of the molecule is CC.CN(C)C(=O)Cn1cc(-c2nc(C(c3ccc(-c4cnc(N)c(C(F)(F)F)c4)cc3)C3CC3)no2)cn1. The van der Waals surface area contributed by atoms with E-state index in [2.05, 4.69) is 20.2 Å². The lowest BCUT2D eigenvalue weighted by Crippen LogP contribution is -2.26. The monoisotopic (exact) mass is 541 g/mol. The maximum absolute atomic E-state index is 13.2. The lowest BCUT2D eigenvalue weighted by Gasteiger charge is -2.14. The second-order valence-corrected chi connectivity index (χ2v) is 9.26. The number of hydrogen-bond acceptors (Lipinski definition) is 7. The van der Waals surface area contributed by atoms with Crippen molar-refractivity contribution in [1.29, 1.82) is 0 Å². The summed E-state index contributed by atoms with van der Waals surface area (Å²) >= 11 is 0. The molecular formula is C27H30F3N7O2. The Morgan fingerprint density at radius 2 is 1.82 bits per heavy atom. The van der Waals surface area contributed by atoms with E-state index in [1.807, 2.05) is 26.0 Å². The van der Waals surface area contributed by atoms with Gasteiger partial charge in [-0.3, -0.25) is 9.48 Å². The van der Waals surface area contributed by atoms with Gasteiger partial charge in [0, 0.05) is 32.1 Å². The van der Waals surface area contributed by atoms with Gasteiger partial charge in [-0.05, 0) is 36.0 Å². The number of amides is 1. The van der Waals surface area contributed by atoms with Gasteiger partial charge in [0.25, 0.3) is 5.89 Å². The second-order valence-electron chi connectivity index (χ2n) is 9.26. The third-order valence-corrected chi connectivity index (χ3v) is 6.32. The lowest BCUT2D eigenvalue weighted by atomic mass is 9.92. The Bertz CT molecular complexity index is 1420. The summed E-state index contributed by atoms with van der Waals surface area (Å²) in [6.07, 6.45) is 2.01. The third-order valence-electron chi connectivity index (χ3n) is 6.32. The molecule has 1 amide bonds. The van der Waals surface area contributed by atoms with E-state index in [4.69, 9.17) is 10.3 Å². The zero-order valence-electron chi connectivity index (χ0n) is 22.1. The Morgan fingerprint density at radius 1 is 1.13 bits per heavy atom. The molecule has 0 radical (unpaired) electrons. The van der Waals surface area contributed by atoms with E-state index in [9.17, 15) is 18.0 Å². The molecule has 12 heteroatoms. The van der Waals surface area contributed by atoms with Crippen LogP contribution in [-0.4, -0.2) is 49.8 Å². The largest absolute Gasteiger partial charge is 0.419 e. The maximum atomic E-state index is 13.2. The topological polar surface area (TPSA) is 116 Å². The van der Waals surface area contributed by atoms with Gasteiger partial charge < -0.3 is 15.2 Å². The van der Waals surface area contributed by atoms with Crippen molar-refractivity contribution in [3.05, 3.63) is 65.9 Å². The fourth-order valence-electron chi connectivity index (χ4n) is 4.12. The van der Waals surface area contributed by atoms with E-state index in [0.29, 0.717) is 34.3 Å². The first-order valence-electron chi connectivity index (χ1n) is 12.6. The highest BCUT2D eigenvalue weighted by Crippen LogP contribution is 2.46. The van der Waals surface area contributed by atoms with Crippen LogP contribution < -0.4 is 5.73 Å². The molecule has 4 aromatic rings. The predicted molar refractivity (Wildman–Crippen MR) is 139 cm³/mol. The Labute approximate surface area is 223 Å². The number of carbonyl (C=O) groups is 1. The number of carbonyl (C=O) groups excluding carboxylic acids is 1. The molecule has 0 saturated heterocycles. The number of benzene rings is 1. The van der Waals surface area contributed by atoms with Crippen LogP contribution >= 0.6 is 0 Å². The lowest BCUT2D eigenvalue weighted by molar-refractivity contribution is -0.137. The molecule has 0 aliphatic heterocycles. The minimum absolute atomic E-state index is 0.0949. The number of likely N-dealkylation sites (N-methyl/N-ethyl adjacent to an activating group) is 1. The van der Waals surface area contributed by atoms with Gasteiger partial charge in [-0.1, -0.05) is 43.3 Å². The van der Waals surface area contributed by atoms with E-state index in [0.717, 1.165) is 24.5 Å². The molecule has 39 heavy (non-hydrogen) atoms. The first-order valence-corrected chi connectivity index (χ1v) is 12.6.